The van der Waals surface area contributed by atoms with Crippen LogP contribution < -0.4 is 4.90 Å². The van der Waals surface area contributed by atoms with Crippen molar-refractivity contribution in [1.82, 2.24) is 14.9 Å². The lowest BCUT2D eigenvalue weighted by Gasteiger charge is -2.38. The molecule has 4 rings (SSSR count). The van der Waals surface area contributed by atoms with E-state index in [1.807, 2.05) is 4.90 Å². The Kier molecular flexibility index (Phi) is 4.37. The van der Waals surface area contributed by atoms with Gasteiger partial charge in [0.1, 0.15) is 11.5 Å². The van der Waals surface area contributed by atoms with Crippen LogP contribution in [0, 0.1) is 0 Å². The molecule has 0 saturated carbocycles. The molecule has 7 nitrogen and oxygen atoms in total. The maximum atomic E-state index is 12.4. The fourth-order valence-electron chi connectivity index (χ4n) is 3.72. The third-order valence-electron chi connectivity index (χ3n) is 5.16. The minimum absolute atomic E-state index is 0.000831. The second-order valence-corrected chi connectivity index (χ2v) is 6.71. The van der Waals surface area contributed by atoms with Crippen molar-refractivity contribution in [2.24, 2.45) is 0 Å². The molecule has 3 aliphatic rings. The van der Waals surface area contributed by atoms with E-state index in [0.717, 1.165) is 57.7 Å². The van der Waals surface area contributed by atoms with Crippen molar-refractivity contribution in [3.05, 3.63) is 18.1 Å². The highest BCUT2D eigenvalue weighted by atomic mass is 16.7. The van der Waals surface area contributed by atoms with Gasteiger partial charge >= 0.3 is 0 Å². The Hall–Kier alpha value is -1.73. The van der Waals surface area contributed by atoms with Gasteiger partial charge in [0.25, 0.3) is 5.91 Å². The van der Waals surface area contributed by atoms with Gasteiger partial charge < -0.3 is 19.3 Å². The molecule has 7 heteroatoms. The molecule has 24 heavy (non-hydrogen) atoms. The number of anilines is 1. The van der Waals surface area contributed by atoms with Crippen molar-refractivity contribution < 1.29 is 14.3 Å². The molecule has 0 bridgehead atoms. The number of nitrogens with zero attached hydrogens (tertiary/aromatic N) is 4. The van der Waals surface area contributed by atoms with E-state index in [2.05, 4.69) is 14.9 Å². The zero-order valence-electron chi connectivity index (χ0n) is 13.9. The Morgan fingerprint density at radius 1 is 0.958 bits per heavy atom. The molecule has 130 valence electrons. The maximum Gasteiger partial charge on any atom is 0.274 e. The van der Waals surface area contributed by atoms with Gasteiger partial charge in [0.2, 0.25) is 0 Å². The second-order valence-electron chi connectivity index (χ2n) is 6.71. The highest BCUT2D eigenvalue weighted by molar-refractivity contribution is 5.92. The molecule has 0 atom stereocenters. The number of carbonyl (C=O) groups excluding carboxylic acids is 1. The average Bonchev–Trinajstić information content (AvgIpc) is 3.11. The molecular formula is C17H24N4O3. The van der Waals surface area contributed by atoms with Crippen molar-refractivity contribution in [2.75, 3.05) is 44.3 Å². The van der Waals surface area contributed by atoms with Crippen LogP contribution in [0.2, 0.25) is 0 Å². The molecule has 0 radical (unpaired) electrons. The first-order chi connectivity index (χ1) is 11.8. The fraction of sp³-hybridized carbons (Fsp3) is 0.706. The van der Waals surface area contributed by atoms with Crippen LogP contribution in [0.25, 0.3) is 0 Å². The minimum Gasteiger partial charge on any atom is -0.355 e. The maximum absolute atomic E-state index is 12.4. The molecule has 0 aliphatic carbocycles. The summed E-state index contributed by atoms with van der Waals surface area (Å²) in [5.74, 6) is 0.436. The zero-order valence-corrected chi connectivity index (χ0v) is 13.9. The Morgan fingerprint density at radius 3 is 2.29 bits per heavy atom. The van der Waals surface area contributed by atoms with Crippen LogP contribution >= 0.6 is 0 Å². The van der Waals surface area contributed by atoms with E-state index in [1.54, 1.807) is 12.4 Å². The smallest absolute Gasteiger partial charge is 0.274 e. The molecule has 1 aromatic heterocycles. The summed E-state index contributed by atoms with van der Waals surface area (Å²) in [6.45, 7) is 4.69. The van der Waals surface area contributed by atoms with Gasteiger partial charge in [-0.2, -0.15) is 0 Å². The normalized spacial score (nSPS) is 23.7. The summed E-state index contributed by atoms with van der Waals surface area (Å²) in [5.41, 5.74) is 0.441. The molecule has 0 N–H and O–H groups in total. The van der Waals surface area contributed by atoms with Crippen molar-refractivity contribution in [3.8, 4) is 0 Å². The van der Waals surface area contributed by atoms with Crippen LogP contribution in [-0.4, -0.2) is 66.0 Å². The quantitative estimate of drug-likeness (QED) is 0.816. The number of rotatable bonds is 2. The number of hydrogen-bond donors (Lipinski definition) is 0. The van der Waals surface area contributed by atoms with E-state index in [-0.39, 0.29) is 11.7 Å². The first-order valence-electron chi connectivity index (χ1n) is 8.90. The minimum atomic E-state index is -0.381. The van der Waals surface area contributed by atoms with Crippen LogP contribution in [0.3, 0.4) is 0 Å². The van der Waals surface area contributed by atoms with E-state index in [0.29, 0.717) is 18.9 Å². The molecule has 4 heterocycles. The Labute approximate surface area is 142 Å². The van der Waals surface area contributed by atoms with Gasteiger partial charge in [0.15, 0.2) is 5.79 Å². The summed E-state index contributed by atoms with van der Waals surface area (Å²) < 4.78 is 11.5. The van der Waals surface area contributed by atoms with Crippen molar-refractivity contribution in [2.45, 2.75) is 37.9 Å². The van der Waals surface area contributed by atoms with Crippen molar-refractivity contribution in [1.29, 1.82) is 0 Å². The second kappa shape index (κ2) is 6.64. The molecule has 3 saturated heterocycles. The standard InChI is InChI=1S/C17H24N4O3/c22-16(21-6-2-1-3-7-21)14-12-19-15(13-18-14)20-8-4-17(5-9-20)23-10-11-24-17/h12-13H,1-11H2. The van der Waals surface area contributed by atoms with Gasteiger partial charge in [-0.15, -0.1) is 0 Å². The Morgan fingerprint density at radius 2 is 1.67 bits per heavy atom. The van der Waals surface area contributed by atoms with Crippen LogP contribution in [0.4, 0.5) is 5.82 Å². The number of ether oxygens (including phenoxy) is 2. The Bertz CT molecular complexity index is 570. The first-order valence-corrected chi connectivity index (χ1v) is 8.90. The van der Waals surface area contributed by atoms with Gasteiger partial charge in [-0.25, -0.2) is 9.97 Å². The molecule has 0 unspecified atom stereocenters. The largest absolute Gasteiger partial charge is 0.355 e. The van der Waals surface area contributed by atoms with E-state index in [4.69, 9.17) is 9.47 Å². The third kappa shape index (κ3) is 3.10. The van der Waals surface area contributed by atoms with Crippen LogP contribution in [0.15, 0.2) is 12.4 Å². The number of likely N-dealkylation sites (tertiary alicyclic amines) is 1. The SMILES string of the molecule is O=C(c1cnc(N2CCC3(CC2)OCCO3)cn1)N1CCCCC1. The molecular weight excluding hydrogens is 308 g/mol. The van der Waals surface area contributed by atoms with Crippen LogP contribution in [-0.2, 0) is 9.47 Å². The summed E-state index contributed by atoms with van der Waals surface area (Å²) in [6.07, 6.45) is 8.36. The molecule has 3 aliphatic heterocycles. The molecule has 3 fully saturated rings. The fourth-order valence-corrected chi connectivity index (χ4v) is 3.72. The molecule has 1 spiro atoms. The monoisotopic (exact) mass is 332 g/mol. The summed E-state index contributed by atoms with van der Waals surface area (Å²) >= 11 is 0. The van der Waals surface area contributed by atoms with E-state index >= 15 is 0 Å². The lowest BCUT2D eigenvalue weighted by molar-refractivity contribution is -0.169. The average molecular weight is 332 g/mol. The van der Waals surface area contributed by atoms with Gasteiger partial charge in [-0.05, 0) is 19.3 Å². The summed E-state index contributed by atoms with van der Waals surface area (Å²) in [7, 11) is 0. The molecule has 1 amide bonds. The lowest BCUT2D eigenvalue weighted by atomic mass is 10.0. The Balaban J connectivity index is 1.38. The van der Waals surface area contributed by atoms with Gasteiger partial charge in [0.05, 0.1) is 25.6 Å². The number of piperidine rings is 2. The van der Waals surface area contributed by atoms with Crippen LogP contribution in [0.5, 0.6) is 0 Å². The lowest BCUT2D eigenvalue weighted by Crippen LogP contribution is -2.45. The predicted molar refractivity (Wildman–Crippen MR) is 87.9 cm³/mol. The highest BCUT2D eigenvalue weighted by Crippen LogP contribution is 2.32. The third-order valence-corrected chi connectivity index (χ3v) is 5.16. The summed E-state index contributed by atoms with van der Waals surface area (Å²) in [6, 6.07) is 0. The number of hydrogen-bond acceptors (Lipinski definition) is 6. The first kappa shape index (κ1) is 15.8. The predicted octanol–water partition coefficient (Wildman–Crippen LogP) is 1.45. The van der Waals surface area contributed by atoms with Crippen molar-refractivity contribution >= 4 is 11.7 Å². The number of amides is 1. The topological polar surface area (TPSA) is 67.8 Å². The van der Waals surface area contributed by atoms with Crippen molar-refractivity contribution in [3.63, 3.8) is 0 Å². The highest BCUT2D eigenvalue weighted by Gasteiger charge is 2.40. The number of aromatic nitrogens is 2. The van der Waals surface area contributed by atoms with Gasteiger partial charge in [-0.3, -0.25) is 4.79 Å². The zero-order chi connectivity index (χ0) is 16.4. The van der Waals surface area contributed by atoms with E-state index in [9.17, 15) is 4.79 Å². The van der Waals surface area contributed by atoms with Crippen LogP contribution in [0.1, 0.15) is 42.6 Å². The van der Waals surface area contributed by atoms with E-state index in [1.165, 1.54) is 6.42 Å². The summed E-state index contributed by atoms with van der Waals surface area (Å²) in [4.78, 5) is 25.3. The molecule has 0 aromatic carbocycles. The van der Waals surface area contributed by atoms with Gasteiger partial charge in [0, 0.05) is 39.0 Å². The molecule has 1 aromatic rings. The number of carbonyl (C=O) groups is 1. The van der Waals surface area contributed by atoms with E-state index < -0.39 is 0 Å². The van der Waals surface area contributed by atoms with Gasteiger partial charge in [-0.1, -0.05) is 0 Å². The summed E-state index contributed by atoms with van der Waals surface area (Å²) in [5, 5.41) is 0.